The summed E-state index contributed by atoms with van der Waals surface area (Å²) in [6, 6.07) is 7.26. The zero-order valence-electron chi connectivity index (χ0n) is 16.1. The number of nitro groups is 1. The number of benzene rings is 1. The lowest BCUT2D eigenvalue weighted by molar-refractivity contribution is -0.393. The van der Waals surface area contributed by atoms with Crippen LogP contribution in [0.2, 0.25) is 0 Å². The fourth-order valence-electron chi connectivity index (χ4n) is 3.06. The summed E-state index contributed by atoms with van der Waals surface area (Å²) in [6.07, 6.45) is 0.109. The molecule has 2 heterocycles. The van der Waals surface area contributed by atoms with Crippen LogP contribution in [0.3, 0.4) is 0 Å². The van der Waals surface area contributed by atoms with E-state index in [1.165, 1.54) is 25.3 Å². The van der Waals surface area contributed by atoms with E-state index in [2.05, 4.69) is 9.97 Å². The third kappa shape index (κ3) is 4.08. The Morgan fingerprint density at radius 3 is 2.59 bits per heavy atom. The number of ether oxygens (including phenoxy) is 2. The largest absolute Gasteiger partial charge is 0.464 e. The van der Waals surface area contributed by atoms with E-state index in [0.717, 1.165) is 11.7 Å². The lowest BCUT2D eigenvalue weighted by Crippen LogP contribution is -2.17. The van der Waals surface area contributed by atoms with E-state index in [4.69, 9.17) is 9.47 Å². The first-order valence-corrected chi connectivity index (χ1v) is 8.77. The summed E-state index contributed by atoms with van der Waals surface area (Å²) in [5.41, 5.74) is 1.38. The molecule has 0 saturated carbocycles. The number of carbonyl (C=O) groups excluding carboxylic acids is 2. The molecule has 11 heteroatoms. The zero-order chi connectivity index (χ0) is 21.1. The van der Waals surface area contributed by atoms with Gasteiger partial charge in [-0.15, -0.1) is 0 Å². The van der Waals surface area contributed by atoms with E-state index in [1.54, 1.807) is 10.6 Å². The van der Waals surface area contributed by atoms with Crippen molar-refractivity contribution in [1.29, 1.82) is 0 Å². The number of rotatable bonds is 7. The van der Waals surface area contributed by atoms with Gasteiger partial charge in [0, 0.05) is 20.8 Å². The second kappa shape index (κ2) is 8.09. The smallest absolute Gasteiger partial charge is 0.346 e. The number of nitrogens with zero attached hydrogens (tertiary/aromatic N) is 5. The summed E-state index contributed by atoms with van der Waals surface area (Å²) in [5, 5.41) is 11.5. The van der Waals surface area contributed by atoms with E-state index in [9.17, 15) is 19.7 Å². The molecule has 0 N–H and O–H groups in total. The van der Waals surface area contributed by atoms with Crippen molar-refractivity contribution in [2.24, 2.45) is 0 Å². The lowest BCUT2D eigenvalue weighted by Gasteiger charge is -2.13. The van der Waals surface area contributed by atoms with Crippen LogP contribution in [0.1, 0.15) is 27.0 Å². The highest BCUT2D eigenvalue weighted by Gasteiger charge is 2.31. The van der Waals surface area contributed by atoms with Crippen molar-refractivity contribution in [1.82, 2.24) is 19.1 Å². The molecule has 3 aromatic rings. The maximum atomic E-state index is 11.5. The number of para-hydroxylation sites is 2. The Hall–Kier alpha value is -3.76. The average molecular weight is 401 g/mol. The molecule has 0 radical (unpaired) electrons. The molecule has 152 valence electrons. The second-order valence-corrected chi connectivity index (χ2v) is 6.19. The van der Waals surface area contributed by atoms with E-state index >= 15 is 0 Å². The number of carbonyl (C=O) groups is 2. The predicted octanol–water partition coefficient (Wildman–Crippen LogP) is 2.45. The van der Waals surface area contributed by atoms with Crippen molar-refractivity contribution in [3.05, 3.63) is 40.6 Å². The Kier molecular flexibility index (Phi) is 5.57. The molecule has 1 atom stereocenters. The summed E-state index contributed by atoms with van der Waals surface area (Å²) in [4.78, 5) is 42.1. The molecule has 0 amide bonds. The van der Waals surface area contributed by atoms with Gasteiger partial charge in [0.25, 0.3) is 5.82 Å². The summed E-state index contributed by atoms with van der Waals surface area (Å²) >= 11 is 0. The molecule has 1 aromatic carbocycles. The molecule has 0 fully saturated rings. The van der Waals surface area contributed by atoms with E-state index in [1.807, 2.05) is 18.2 Å². The highest BCUT2D eigenvalue weighted by Crippen LogP contribution is 2.30. The third-order valence-corrected chi connectivity index (χ3v) is 4.14. The molecule has 3 rings (SSSR count). The fourth-order valence-corrected chi connectivity index (χ4v) is 3.06. The van der Waals surface area contributed by atoms with Crippen molar-refractivity contribution in [3.63, 3.8) is 0 Å². The van der Waals surface area contributed by atoms with Crippen LogP contribution in [0.5, 0.6) is 0 Å². The number of hydrogen-bond acceptors (Lipinski definition) is 8. The molecule has 0 spiro atoms. The Morgan fingerprint density at radius 1 is 1.21 bits per heavy atom. The van der Waals surface area contributed by atoms with Crippen molar-refractivity contribution >= 4 is 28.8 Å². The van der Waals surface area contributed by atoms with Gasteiger partial charge in [-0.25, -0.2) is 9.97 Å². The van der Waals surface area contributed by atoms with Gasteiger partial charge in [-0.1, -0.05) is 12.1 Å². The minimum absolute atomic E-state index is 0.0883. The van der Waals surface area contributed by atoms with Gasteiger partial charge in [0.2, 0.25) is 12.1 Å². The normalized spacial score (nSPS) is 12.0. The monoisotopic (exact) mass is 401 g/mol. The number of esters is 2. The maximum Gasteiger partial charge on any atom is 0.346 e. The van der Waals surface area contributed by atoms with Crippen LogP contribution in [-0.4, -0.2) is 42.6 Å². The number of imidazole rings is 2. The summed E-state index contributed by atoms with van der Waals surface area (Å²) in [5.74, 6) is -0.867. The van der Waals surface area contributed by atoms with Crippen LogP contribution in [0.25, 0.3) is 22.7 Å². The van der Waals surface area contributed by atoms with Crippen molar-refractivity contribution < 1.29 is 24.0 Å². The lowest BCUT2D eigenvalue weighted by atomic mass is 10.3. The molecule has 29 heavy (non-hydrogen) atoms. The second-order valence-electron chi connectivity index (χ2n) is 6.19. The molecule has 2 aromatic heterocycles. The van der Waals surface area contributed by atoms with Crippen LogP contribution in [0.15, 0.2) is 30.5 Å². The Balaban J connectivity index is 2.16. The van der Waals surface area contributed by atoms with Gasteiger partial charge >= 0.3 is 17.8 Å². The minimum Gasteiger partial charge on any atom is -0.464 e. The number of hydrogen-bond donors (Lipinski definition) is 0. The predicted molar refractivity (Wildman–Crippen MR) is 101 cm³/mol. The number of fused-ring (bicyclic) bond motifs is 1. The van der Waals surface area contributed by atoms with Crippen molar-refractivity contribution in [2.75, 3.05) is 6.61 Å². The Labute approximate surface area is 165 Å². The van der Waals surface area contributed by atoms with Crippen LogP contribution in [0, 0.1) is 10.1 Å². The topological polar surface area (TPSA) is 131 Å². The van der Waals surface area contributed by atoms with Gasteiger partial charge < -0.3 is 24.2 Å². The van der Waals surface area contributed by atoms with Crippen LogP contribution < -0.4 is 0 Å². The van der Waals surface area contributed by atoms with Gasteiger partial charge in [0.15, 0.2) is 0 Å². The van der Waals surface area contributed by atoms with Crippen LogP contribution in [0.4, 0.5) is 5.82 Å². The first-order chi connectivity index (χ1) is 13.8. The standard InChI is InChI=1S/C18H19N5O6/c1-11(29-13(3)25)22-16(23(26)27)10-19-17(22)18-20-14-6-4-5-7-15(14)21(18)8-9-28-12(2)24/h4-7,10-11H,8-9H2,1-3H3. The molecule has 0 aliphatic carbocycles. The van der Waals surface area contributed by atoms with Gasteiger partial charge in [-0.2, -0.15) is 4.57 Å². The van der Waals surface area contributed by atoms with E-state index in [0.29, 0.717) is 11.3 Å². The van der Waals surface area contributed by atoms with E-state index in [-0.39, 0.29) is 24.8 Å². The third-order valence-electron chi connectivity index (χ3n) is 4.14. The van der Waals surface area contributed by atoms with Crippen LogP contribution in [-0.2, 0) is 25.6 Å². The SMILES string of the molecule is CC(=O)OCCn1c(-c2ncc([N+](=O)[O-])n2C(C)OC(C)=O)nc2ccccc21. The van der Waals surface area contributed by atoms with Crippen LogP contribution >= 0.6 is 0 Å². The van der Waals surface area contributed by atoms with E-state index < -0.39 is 23.1 Å². The maximum absolute atomic E-state index is 11.5. The van der Waals surface area contributed by atoms with Gasteiger partial charge in [-0.05, 0) is 17.1 Å². The zero-order valence-corrected chi connectivity index (χ0v) is 16.1. The molecular weight excluding hydrogens is 382 g/mol. The average Bonchev–Trinajstić information content (AvgIpc) is 3.22. The Morgan fingerprint density at radius 2 is 1.93 bits per heavy atom. The molecule has 11 nitrogen and oxygen atoms in total. The molecular formula is C18H19N5O6. The van der Waals surface area contributed by atoms with Crippen molar-refractivity contribution in [2.45, 2.75) is 33.5 Å². The summed E-state index contributed by atoms with van der Waals surface area (Å²) in [6.45, 7) is 4.38. The van der Waals surface area contributed by atoms with Gasteiger partial charge in [0.05, 0.1) is 17.6 Å². The summed E-state index contributed by atoms with van der Waals surface area (Å²) in [7, 11) is 0. The molecule has 0 aliphatic rings. The molecule has 0 saturated heterocycles. The van der Waals surface area contributed by atoms with Gasteiger partial charge in [0.1, 0.15) is 12.8 Å². The molecule has 0 bridgehead atoms. The highest BCUT2D eigenvalue weighted by atomic mass is 16.6. The highest BCUT2D eigenvalue weighted by molar-refractivity contribution is 5.79. The first-order valence-electron chi connectivity index (χ1n) is 8.77. The molecule has 1 unspecified atom stereocenters. The fraction of sp³-hybridized carbons (Fsp3) is 0.333. The number of aromatic nitrogens is 4. The first kappa shape index (κ1) is 20.0. The quantitative estimate of drug-likeness (QED) is 0.335. The Bertz CT molecular complexity index is 1090. The molecule has 0 aliphatic heterocycles. The van der Waals surface area contributed by atoms with Gasteiger partial charge in [-0.3, -0.25) is 9.59 Å². The minimum atomic E-state index is -0.980. The van der Waals surface area contributed by atoms with Crippen molar-refractivity contribution in [3.8, 4) is 11.6 Å². The summed E-state index contributed by atoms with van der Waals surface area (Å²) < 4.78 is 13.1.